The van der Waals surface area contributed by atoms with Crippen molar-refractivity contribution in [1.82, 2.24) is 25.0 Å². The van der Waals surface area contributed by atoms with Crippen LogP contribution >= 0.6 is 0 Å². The third-order valence-electron chi connectivity index (χ3n) is 6.71. The Morgan fingerprint density at radius 2 is 2.03 bits per heavy atom. The number of amides is 2. The van der Waals surface area contributed by atoms with Crippen molar-refractivity contribution in [2.45, 2.75) is 38.1 Å². The fourth-order valence-corrected chi connectivity index (χ4v) is 5.00. The second-order valence-electron chi connectivity index (χ2n) is 8.68. The molecule has 1 spiro atoms. The molecule has 2 amide bonds. The molecular formula is C24H27N5O3. The van der Waals surface area contributed by atoms with Crippen molar-refractivity contribution < 1.29 is 14.3 Å². The zero-order valence-corrected chi connectivity index (χ0v) is 18.4. The third kappa shape index (κ3) is 3.49. The highest BCUT2D eigenvalue weighted by molar-refractivity contribution is 5.85. The van der Waals surface area contributed by atoms with E-state index in [4.69, 9.17) is 9.84 Å². The summed E-state index contributed by atoms with van der Waals surface area (Å²) in [5.41, 5.74) is 4.80. The van der Waals surface area contributed by atoms with Crippen LogP contribution < -0.4 is 5.32 Å². The van der Waals surface area contributed by atoms with Gasteiger partial charge < -0.3 is 15.0 Å². The van der Waals surface area contributed by atoms with Gasteiger partial charge in [0, 0.05) is 54.4 Å². The molecule has 2 aromatic heterocycles. The molecule has 0 radical (unpaired) electrons. The summed E-state index contributed by atoms with van der Waals surface area (Å²) >= 11 is 0. The molecule has 0 saturated carbocycles. The van der Waals surface area contributed by atoms with Crippen LogP contribution in [0.4, 0.5) is 4.79 Å². The second kappa shape index (κ2) is 7.93. The molecule has 2 aliphatic rings. The van der Waals surface area contributed by atoms with Crippen molar-refractivity contribution in [1.29, 1.82) is 0 Å². The van der Waals surface area contributed by atoms with Crippen LogP contribution in [0.2, 0.25) is 0 Å². The van der Waals surface area contributed by atoms with Crippen LogP contribution in [0.15, 0.2) is 36.5 Å². The Labute approximate surface area is 186 Å². The van der Waals surface area contributed by atoms with Gasteiger partial charge in [-0.2, -0.15) is 5.10 Å². The van der Waals surface area contributed by atoms with Gasteiger partial charge in [-0.05, 0) is 49.6 Å². The molecule has 166 valence electrons. The molecule has 8 heteroatoms. The SMILES string of the molecule is CCNC(=O)N1CCC2(CCn3nc(-c4cnc5ccc(CC(=O)OC)cc5c4)cc32)C1. The highest BCUT2D eigenvalue weighted by Gasteiger charge is 2.46. The predicted octanol–water partition coefficient (Wildman–Crippen LogP) is 2.89. The lowest BCUT2D eigenvalue weighted by atomic mass is 9.82. The maximum Gasteiger partial charge on any atom is 0.317 e. The van der Waals surface area contributed by atoms with E-state index < -0.39 is 0 Å². The molecule has 1 N–H and O–H groups in total. The van der Waals surface area contributed by atoms with E-state index in [1.54, 1.807) is 0 Å². The molecule has 1 aromatic carbocycles. The van der Waals surface area contributed by atoms with E-state index in [1.165, 1.54) is 12.8 Å². The lowest BCUT2D eigenvalue weighted by Crippen LogP contribution is -2.40. The lowest BCUT2D eigenvalue weighted by molar-refractivity contribution is -0.139. The molecule has 0 aliphatic carbocycles. The van der Waals surface area contributed by atoms with Gasteiger partial charge in [-0.15, -0.1) is 0 Å². The Bertz CT molecular complexity index is 1200. The molecule has 4 heterocycles. The number of pyridine rings is 1. The van der Waals surface area contributed by atoms with Gasteiger partial charge in [-0.3, -0.25) is 14.5 Å². The number of likely N-dealkylation sites (tertiary alicyclic amines) is 1. The number of aryl methyl sites for hydroxylation is 1. The maximum absolute atomic E-state index is 12.3. The van der Waals surface area contributed by atoms with E-state index in [-0.39, 0.29) is 23.8 Å². The first-order valence-corrected chi connectivity index (χ1v) is 11.1. The number of nitrogens with zero attached hydrogens (tertiary/aromatic N) is 4. The van der Waals surface area contributed by atoms with Crippen molar-refractivity contribution in [2.75, 3.05) is 26.7 Å². The number of carbonyl (C=O) groups is 2. The molecule has 1 fully saturated rings. The summed E-state index contributed by atoms with van der Waals surface area (Å²) in [6.45, 7) is 4.95. The Morgan fingerprint density at radius 1 is 1.19 bits per heavy atom. The molecule has 32 heavy (non-hydrogen) atoms. The van der Waals surface area contributed by atoms with Gasteiger partial charge in [0.25, 0.3) is 0 Å². The molecule has 1 saturated heterocycles. The number of nitrogens with one attached hydrogen (secondary N) is 1. The van der Waals surface area contributed by atoms with Crippen molar-refractivity contribution >= 4 is 22.9 Å². The minimum atomic E-state index is -0.262. The largest absolute Gasteiger partial charge is 0.469 e. The number of hydrogen-bond acceptors (Lipinski definition) is 5. The number of methoxy groups -OCH3 is 1. The Balaban J connectivity index is 1.43. The normalized spacial score (nSPS) is 19.5. The van der Waals surface area contributed by atoms with Crippen molar-refractivity contribution in [3.63, 3.8) is 0 Å². The first-order valence-electron chi connectivity index (χ1n) is 11.1. The average Bonchev–Trinajstić information content (AvgIpc) is 3.50. The summed E-state index contributed by atoms with van der Waals surface area (Å²) in [7, 11) is 1.40. The van der Waals surface area contributed by atoms with E-state index in [0.717, 1.165) is 60.2 Å². The monoisotopic (exact) mass is 433 g/mol. The van der Waals surface area contributed by atoms with Crippen LogP contribution in [0.25, 0.3) is 22.2 Å². The molecule has 5 rings (SSSR count). The number of aromatic nitrogens is 3. The zero-order valence-electron chi connectivity index (χ0n) is 18.4. The number of esters is 1. The van der Waals surface area contributed by atoms with Gasteiger partial charge in [0.05, 0.1) is 24.7 Å². The number of rotatable bonds is 4. The van der Waals surface area contributed by atoms with E-state index in [9.17, 15) is 9.59 Å². The molecule has 1 atom stereocenters. The minimum absolute atomic E-state index is 0.0176. The Morgan fingerprint density at radius 3 is 2.84 bits per heavy atom. The Kier molecular flexibility index (Phi) is 5.07. The molecule has 8 nitrogen and oxygen atoms in total. The van der Waals surface area contributed by atoms with E-state index in [1.807, 2.05) is 36.2 Å². The van der Waals surface area contributed by atoms with E-state index >= 15 is 0 Å². The highest BCUT2D eigenvalue weighted by atomic mass is 16.5. The number of carbonyl (C=O) groups excluding carboxylic acids is 2. The summed E-state index contributed by atoms with van der Waals surface area (Å²) in [5, 5.41) is 8.74. The number of benzene rings is 1. The molecule has 3 aromatic rings. The summed E-state index contributed by atoms with van der Waals surface area (Å²) < 4.78 is 6.87. The zero-order chi connectivity index (χ0) is 22.3. The van der Waals surface area contributed by atoms with Crippen LogP contribution in [0.3, 0.4) is 0 Å². The first kappa shape index (κ1) is 20.5. The van der Waals surface area contributed by atoms with E-state index in [0.29, 0.717) is 6.54 Å². The molecule has 0 bridgehead atoms. The van der Waals surface area contributed by atoms with Crippen LogP contribution in [0.5, 0.6) is 0 Å². The van der Waals surface area contributed by atoms with Crippen molar-refractivity contribution in [3.8, 4) is 11.3 Å². The topological polar surface area (TPSA) is 89.4 Å². The molecule has 2 aliphatic heterocycles. The Hall–Kier alpha value is -3.42. The summed E-state index contributed by atoms with van der Waals surface area (Å²) in [4.78, 5) is 30.5. The summed E-state index contributed by atoms with van der Waals surface area (Å²) in [5.74, 6) is -0.262. The van der Waals surface area contributed by atoms with Gasteiger partial charge in [0.15, 0.2) is 0 Å². The fourth-order valence-electron chi connectivity index (χ4n) is 5.00. The van der Waals surface area contributed by atoms with Crippen molar-refractivity contribution in [2.24, 2.45) is 0 Å². The number of hydrogen-bond donors (Lipinski definition) is 1. The average molecular weight is 434 g/mol. The third-order valence-corrected chi connectivity index (χ3v) is 6.71. The van der Waals surface area contributed by atoms with Crippen LogP contribution in [0.1, 0.15) is 31.0 Å². The number of fused-ring (bicyclic) bond motifs is 3. The summed E-state index contributed by atoms with van der Waals surface area (Å²) in [6.07, 6.45) is 4.06. The smallest absolute Gasteiger partial charge is 0.317 e. The molecular weight excluding hydrogens is 406 g/mol. The van der Waals surface area contributed by atoms with Gasteiger partial charge >= 0.3 is 12.0 Å². The van der Waals surface area contributed by atoms with Gasteiger partial charge in [0.1, 0.15) is 0 Å². The molecule has 1 unspecified atom stereocenters. The first-order chi connectivity index (χ1) is 15.5. The van der Waals surface area contributed by atoms with Gasteiger partial charge in [-0.1, -0.05) is 6.07 Å². The highest BCUT2D eigenvalue weighted by Crippen LogP contribution is 2.43. The lowest BCUT2D eigenvalue weighted by Gasteiger charge is -2.23. The van der Waals surface area contributed by atoms with E-state index in [2.05, 4.69) is 27.1 Å². The number of ether oxygens (including phenoxy) is 1. The minimum Gasteiger partial charge on any atom is -0.469 e. The standard InChI is InChI=1S/C24H27N5O3/c1-3-25-23(31)28-8-6-24(15-28)7-9-29-21(24)13-20(27-29)18-12-17-10-16(11-22(30)32-2)4-5-19(17)26-14-18/h4-5,10,12-14H,3,6-9,11,15H2,1-2H3,(H,25,31). The van der Waals surface area contributed by atoms with Gasteiger partial charge in [-0.25, -0.2) is 4.79 Å². The van der Waals surface area contributed by atoms with Crippen molar-refractivity contribution in [3.05, 3.63) is 47.8 Å². The number of urea groups is 1. The fraction of sp³-hybridized carbons (Fsp3) is 0.417. The quantitative estimate of drug-likeness (QED) is 0.639. The van der Waals surface area contributed by atoms with Crippen LogP contribution in [0, 0.1) is 0 Å². The maximum atomic E-state index is 12.3. The van der Waals surface area contributed by atoms with Crippen LogP contribution in [-0.4, -0.2) is 58.4 Å². The summed E-state index contributed by atoms with van der Waals surface area (Å²) in [6, 6.07) is 10.1. The van der Waals surface area contributed by atoms with Crippen LogP contribution in [-0.2, 0) is 27.9 Å². The predicted molar refractivity (Wildman–Crippen MR) is 120 cm³/mol. The van der Waals surface area contributed by atoms with Gasteiger partial charge in [0.2, 0.25) is 0 Å². The second-order valence-corrected chi connectivity index (χ2v) is 8.68.